The first kappa shape index (κ1) is 53.0. The predicted molar refractivity (Wildman–Crippen MR) is 254 cm³/mol. The number of ketones is 1. The number of aliphatic carboxylic acids is 1. The highest BCUT2D eigenvalue weighted by Crippen LogP contribution is 2.59. The van der Waals surface area contributed by atoms with Crippen LogP contribution in [-0.4, -0.2) is 160 Å². The minimum absolute atomic E-state index is 0.000271. The molecule has 0 bridgehead atoms. The quantitative estimate of drug-likeness (QED) is 0.0265. The number of nitrogens with one attached hydrogen (secondary N) is 4. The number of ether oxygens (including phenoxy) is 4. The van der Waals surface area contributed by atoms with Gasteiger partial charge in [-0.1, -0.05) is 19.1 Å². The number of Topliss-reactive ketones (excluding diaryl/α,β-unsaturated/α-hetero) is 1. The zero-order valence-corrected chi connectivity index (χ0v) is 40.7. The fraction of sp³-hybridized carbons (Fsp3) is 0.500. The highest BCUT2D eigenvalue weighted by atomic mass is 79.9. The van der Waals surface area contributed by atoms with Crippen LogP contribution < -0.4 is 27.0 Å². The summed E-state index contributed by atoms with van der Waals surface area (Å²) >= 11 is 3.35. The lowest BCUT2D eigenvalue weighted by molar-refractivity contribution is -0.139. The van der Waals surface area contributed by atoms with E-state index in [2.05, 4.69) is 64.2 Å². The molecule has 2 fully saturated rings. The van der Waals surface area contributed by atoms with Gasteiger partial charge in [-0.2, -0.15) is 5.10 Å². The number of pyridine rings is 1. The van der Waals surface area contributed by atoms with E-state index in [0.29, 0.717) is 44.7 Å². The number of rotatable bonds is 28. The summed E-state index contributed by atoms with van der Waals surface area (Å²) in [4.78, 5) is 102. The van der Waals surface area contributed by atoms with E-state index in [1.54, 1.807) is 35.5 Å². The third-order valence-electron chi connectivity index (χ3n) is 11.7. The Bertz CT molecular complexity index is 2540. The molecule has 6 rings (SSSR count). The average Bonchev–Trinajstić information content (AvgIpc) is 3.69. The summed E-state index contributed by atoms with van der Waals surface area (Å²) in [5.74, 6) is -2.26. The van der Waals surface area contributed by atoms with Crippen LogP contribution in [0.1, 0.15) is 61.4 Å². The third kappa shape index (κ3) is 14.9. The molecule has 24 heteroatoms. The van der Waals surface area contributed by atoms with E-state index >= 15 is 0 Å². The Kier molecular flexibility index (Phi) is 18.9. The number of carbonyl (C=O) groups excluding carboxylic acids is 6. The highest BCUT2D eigenvalue weighted by Gasteiger charge is 2.64. The maximum Gasteiger partial charge on any atom is 0.320 e. The van der Waals surface area contributed by atoms with Crippen LogP contribution in [0.5, 0.6) is 0 Å². The summed E-state index contributed by atoms with van der Waals surface area (Å²) in [6.07, 6.45) is 4.58. The number of carboxylic acids is 1. The number of aryl methyl sites for hydroxylation is 1. The Balaban J connectivity index is 0.855. The van der Waals surface area contributed by atoms with Gasteiger partial charge >= 0.3 is 5.97 Å². The number of nitrogens with zero attached hydrogens (tertiary/aromatic N) is 6. The van der Waals surface area contributed by atoms with Crippen molar-refractivity contribution < 1.29 is 57.6 Å². The number of nitrogens with two attached hydrogens (primary N) is 1. The highest BCUT2D eigenvalue weighted by molar-refractivity contribution is 9.10. The van der Waals surface area contributed by atoms with Gasteiger partial charge in [-0.05, 0) is 76.9 Å². The Morgan fingerprint density at radius 1 is 0.857 bits per heavy atom. The van der Waals surface area contributed by atoms with Gasteiger partial charge in [0.1, 0.15) is 53.8 Å². The lowest BCUT2D eigenvalue weighted by Crippen LogP contribution is -2.47. The number of aromatic nitrogens is 5. The Hall–Kier alpha value is -6.31. The average molecular weight is 1040 g/mol. The maximum atomic E-state index is 14.0. The largest absolute Gasteiger partial charge is 0.480 e. The molecule has 1 saturated heterocycles. The number of likely N-dealkylation sites (tertiary alicyclic amines) is 1. The van der Waals surface area contributed by atoms with Gasteiger partial charge in [0.15, 0.2) is 5.78 Å². The molecule has 1 aliphatic carbocycles. The van der Waals surface area contributed by atoms with Crippen molar-refractivity contribution in [2.75, 3.05) is 71.3 Å². The van der Waals surface area contributed by atoms with E-state index < -0.39 is 18.1 Å². The summed E-state index contributed by atoms with van der Waals surface area (Å²) in [5.41, 5.74) is 8.15. The minimum atomic E-state index is -1.16. The zero-order chi connectivity index (χ0) is 50.4. The zero-order valence-electron chi connectivity index (χ0n) is 39.2. The van der Waals surface area contributed by atoms with Gasteiger partial charge < -0.3 is 56.0 Å². The molecule has 0 spiro atoms. The molecule has 4 atom stereocenters. The van der Waals surface area contributed by atoms with Crippen LogP contribution in [0, 0.1) is 12.3 Å². The second kappa shape index (κ2) is 25.0. The van der Waals surface area contributed by atoms with E-state index in [0.717, 1.165) is 12.0 Å². The van der Waals surface area contributed by atoms with E-state index in [1.165, 1.54) is 11.6 Å². The smallest absolute Gasteiger partial charge is 0.320 e. The van der Waals surface area contributed by atoms with Gasteiger partial charge in [0.25, 0.3) is 0 Å². The van der Waals surface area contributed by atoms with Crippen LogP contribution in [0.25, 0.3) is 22.0 Å². The van der Waals surface area contributed by atoms with Crippen LogP contribution in [-0.2, 0) is 60.8 Å². The molecule has 5 amide bonds. The SMILES string of the molecule is CC(=O)c1nn(CC(=O)N2[C@H](C(=O)Nc3nc(Br)ccc3C)C[C@@]3(C)C[C@@H]23)c2ccc(-c3cnc(CNC(=O)COCCOCCNC(=O)COCCOCCNC(=O)CC[C@H](N)C(=O)O)nc3)cc12. The standard InChI is InChI=1S/C46H58BrN11O12/c1-27-4-8-36(47)54-43(27)55-44(64)34-19-46(3)20-35(46)58(34)41(63)24-57-33-7-5-29(18-31(33)42(56-57)28(2)59)30-21-51-37(52-22-30)23-53-40(62)26-70-17-15-68-13-11-50-39(61)25-69-16-14-67-12-10-49-38(60)9-6-32(48)45(65)66/h4-5,7-8,18,21-22,32,34-35H,6,9-17,19-20,23-26,48H2,1-3H3,(H,49,60)(H,50,61)(H,53,62)(H,65,66)(H,54,55,64)/t32-,34-,35+,46-/m0/s1. The number of benzene rings is 1. The molecule has 3 aromatic heterocycles. The second-order valence-corrected chi connectivity index (χ2v) is 18.0. The molecular formula is C46H58BrN11O12. The molecule has 4 aromatic rings. The molecule has 1 aromatic carbocycles. The van der Waals surface area contributed by atoms with E-state index in [9.17, 15) is 33.6 Å². The number of piperidine rings is 1. The number of anilines is 1. The van der Waals surface area contributed by atoms with Crippen LogP contribution >= 0.6 is 15.9 Å². The number of halogens is 1. The van der Waals surface area contributed by atoms with Crippen LogP contribution in [0.4, 0.5) is 5.82 Å². The molecule has 4 heterocycles. The first-order valence-electron chi connectivity index (χ1n) is 22.7. The molecule has 0 radical (unpaired) electrons. The first-order chi connectivity index (χ1) is 33.5. The number of carboxylic acid groups (broad SMARTS) is 1. The molecule has 23 nitrogen and oxygen atoms in total. The Labute approximate surface area is 411 Å². The summed E-state index contributed by atoms with van der Waals surface area (Å²) in [7, 11) is 0. The first-order valence-corrected chi connectivity index (χ1v) is 23.5. The third-order valence-corrected chi connectivity index (χ3v) is 12.2. The fourth-order valence-electron chi connectivity index (χ4n) is 7.81. The van der Waals surface area contributed by atoms with E-state index in [1.807, 2.05) is 19.1 Å². The predicted octanol–water partition coefficient (Wildman–Crippen LogP) is 1.29. The Morgan fingerprint density at radius 3 is 2.16 bits per heavy atom. The van der Waals surface area contributed by atoms with Crippen LogP contribution in [0.2, 0.25) is 0 Å². The summed E-state index contributed by atoms with van der Waals surface area (Å²) in [6.45, 7) is 6.49. The molecular weight excluding hydrogens is 978 g/mol. The van der Waals surface area contributed by atoms with Crippen molar-refractivity contribution in [3.63, 3.8) is 0 Å². The molecule has 376 valence electrons. The normalized spacial score (nSPS) is 17.4. The van der Waals surface area contributed by atoms with Crippen molar-refractivity contribution in [2.24, 2.45) is 11.1 Å². The van der Waals surface area contributed by atoms with E-state index in [-0.39, 0.29) is 144 Å². The van der Waals surface area contributed by atoms with Gasteiger partial charge in [-0.15, -0.1) is 0 Å². The van der Waals surface area contributed by atoms with Gasteiger partial charge in [0.05, 0.1) is 51.7 Å². The number of fused-ring (bicyclic) bond motifs is 2. The van der Waals surface area contributed by atoms with Gasteiger partial charge in [-0.25, -0.2) is 15.0 Å². The van der Waals surface area contributed by atoms with Gasteiger partial charge in [0, 0.05) is 55.8 Å². The minimum Gasteiger partial charge on any atom is -0.480 e. The molecule has 1 aliphatic heterocycles. The lowest BCUT2D eigenvalue weighted by atomic mass is 10.0. The molecule has 2 aliphatic rings. The van der Waals surface area contributed by atoms with Crippen LogP contribution in [0.15, 0.2) is 47.3 Å². The lowest BCUT2D eigenvalue weighted by Gasteiger charge is -2.27. The topological polar surface area (TPSA) is 311 Å². The number of carbonyl (C=O) groups is 7. The van der Waals surface area contributed by atoms with Crippen molar-refractivity contribution in [1.82, 2.24) is 45.6 Å². The summed E-state index contributed by atoms with van der Waals surface area (Å²) in [5, 5.41) is 24.7. The molecule has 70 heavy (non-hydrogen) atoms. The van der Waals surface area contributed by atoms with Crippen molar-refractivity contribution >= 4 is 73.9 Å². The number of hydrogen-bond acceptors (Lipinski definition) is 16. The van der Waals surface area contributed by atoms with Crippen molar-refractivity contribution in [3.8, 4) is 11.1 Å². The number of hydrogen-bond donors (Lipinski definition) is 6. The Morgan fingerprint density at radius 2 is 1.50 bits per heavy atom. The fourth-order valence-corrected chi connectivity index (χ4v) is 8.12. The van der Waals surface area contributed by atoms with Crippen molar-refractivity contribution in [1.29, 1.82) is 0 Å². The van der Waals surface area contributed by atoms with E-state index in [4.69, 9.17) is 29.8 Å². The number of amides is 5. The summed E-state index contributed by atoms with van der Waals surface area (Å²) in [6, 6.07) is 7.21. The maximum absolute atomic E-state index is 14.0. The summed E-state index contributed by atoms with van der Waals surface area (Å²) < 4.78 is 23.5. The van der Waals surface area contributed by atoms with Gasteiger partial charge in [0.2, 0.25) is 29.5 Å². The van der Waals surface area contributed by atoms with Gasteiger partial charge in [-0.3, -0.25) is 38.2 Å². The van der Waals surface area contributed by atoms with Crippen LogP contribution in [0.3, 0.4) is 0 Å². The van der Waals surface area contributed by atoms with Crippen molar-refractivity contribution in [3.05, 3.63) is 64.4 Å². The molecule has 0 unspecified atom stereocenters. The van der Waals surface area contributed by atoms with Crippen molar-refractivity contribution in [2.45, 2.75) is 77.7 Å². The second-order valence-electron chi connectivity index (χ2n) is 17.2. The monoisotopic (exact) mass is 1040 g/mol. The molecule has 7 N–H and O–H groups in total. The molecule has 1 saturated carbocycles.